The molecule has 2 aromatic carbocycles. The predicted octanol–water partition coefficient (Wildman–Crippen LogP) is 4.98. The molecule has 0 bridgehead atoms. The third-order valence-electron chi connectivity index (χ3n) is 6.72. The molecule has 0 spiro atoms. The Morgan fingerprint density at radius 1 is 1.34 bits per heavy atom. The second-order valence-electron chi connectivity index (χ2n) is 9.41. The predicted molar refractivity (Wildman–Crippen MR) is 138 cm³/mol. The van der Waals surface area contributed by atoms with Gasteiger partial charge in [-0.3, -0.25) is 19.9 Å². The van der Waals surface area contributed by atoms with Crippen LogP contribution in [0.2, 0.25) is 0 Å². The number of rotatable bonds is 4. The van der Waals surface area contributed by atoms with Crippen molar-refractivity contribution in [3.63, 3.8) is 0 Å². The minimum absolute atomic E-state index is 0.0212. The number of carbonyl (C=O) groups is 2. The van der Waals surface area contributed by atoms with Gasteiger partial charge in [-0.15, -0.1) is 0 Å². The topological polar surface area (TPSA) is 106 Å². The summed E-state index contributed by atoms with van der Waals surface area (Å²) in [6, 6.07) is 10.9. The summed E-state index contributed by atoms with van der Waals surface area (Å²) in [7, 11) is 0. The highest BCUT2D eigenvalue weighted by molar-refractivity contribution is 14.1. The van der Waals surface area contributed by atoms with Gasteiger partial charge < -0.3 is 10.1 Å². The zero-order valence-corrected chi connectivity index (χ0v) is 21.7. The molecule has 2 amide bonds. The highest BCUT2D eigenvalue weighted by Gasteiger charge is 2.44. The van der Waals surface area contributed by atoms with Gasteiger partial charge in [0.2, 0.25) is 5.91 Å². The molecule has 0 aliphatic carbocycles. The summed E-state index contributed by atoms with van der Waals surface area (Å²) in [5, 5.41) is 20.5. The number of nitriles is 1. The van der Waals surface area contributed by atoms with Crippen LogP contribution in [-0.2, 0) is 14.9 Å². The number of benzene rings is 2. The number of ether oxygens (including phenoxy) is 1. The van der Waals surface area contributed by atoms with Crippen LogP contribution in [0.1, 0.15) is 61.0 Å². The van der Waals surface area contributed by atoms with E-state index in [4.69, 9.17) is 15.4 Å². The molecule has 4 rings (SSSR count). The quantitative estimate of drug-likeness (QED) is 0.492. The minimum Gasteiger partial charge on any atom is -0.378 e. The van der Waals surface area contributed by atoms with Crippen molar-refractivity contribution in [3.8, 4) is 6.07 Å². The summed E-state index contributed by atoms with van der Waals surface area (Å²) in [5.74, 6) is -1.16. The molecule has 1 unspecified atom stereocenters. The lowest BCUT2D eigenvalue weighted by molar-refractivity contribution is -0.134. The van der Waals surface area contributed by atoms with Gasteiger partial charge in [0, 0.05) is 34.5 Å². The van der Waals surface area contributed by atoms with Crippen LogP contribution in [0.5, 0.6) is 0 Å². The zero-order valence-electron chi connectivity index (χ0n) is 19.5. The third-order valence-corrected chi connectivity index (χ3v) is 7.88. The lowest BCUT2D eigenvalue weighted by Crippen LogP contribution is -2.54. The summed E-state index contributed by atoms with van der Waals surface area (Å²) in [6.45, 7) is 4.53. The number of carbonyl (C=O) groups excluding carboxylic acids is 2. The first-order valence-corrected chi connectivity index (χ1v) is 12.5. The summed E-state index contributed by atoms with van der Waals surface area (Å²) in [6.07, 6.45) is 2.12. The van der Waals surface area contributed by atoms with Gasteiger partial charge in [-0.2, -0.15) is 5.26 Å². The van der Waals surface area contributed by atoms with Crippen molar-refractivity contribution in [2.75, 3.05) is 11.9 Å². The van der Waals surface area contributed by atoms with Crippen molar-refractivity contribution in [2.45, 2.75) is 57.1 Å². The molecule has 2 aromatic rings. The van der Waals surface area contributed by atoms with E-state index in [-0.39, 0.29) is 35.6 Å². The maximum absolute atomic E-state index is 14.2. The Morgan fingerprint density at radius 2 is 2.11 bits per heavy atom. The Morgan fingerprint density at radius 3 is 2.80 bits per heavy atom. The fraction of sp³-hybridized carbons (Fsp3) is 0.385. The second-order valence-corrected chi connectivity index (χ2v) is 10.5. The van der Waals surface area contributed by atoms with Crippen molar-refractivity contribution in [1.82, 2.24) is 4.90 Å². The summed E-state index contributed by atoms with van der Waals surface area (Å²) < 4.78 is 20.6. The standard InChI is InChI=1S/C26H26FIN4O3/c1-15-10-17(8-9-35-15)32-22(30)12-26(2,13-23(32)33)19-4-3-5-21(24(19)28)31-25(34)18-11-16(14-29)6-7-20(18)27/h3-7,11,15,17,30H,8-10,12-13H2,1-2H3,(H,31,34)/t15?,17-,26+/m1/s1. The number of amidine groups is 1. The van der Waals surface area contributed by atoms with E-state index in [1.807, 2.05) is 26.0 Å². The van der Waals surface area contributed by atoms with Gasteiger partial charge >= 0.3 is 0 Å². The molecule has 0 saturated carbocycles. The molecule has 2 saturated heterocycles. The fourth-order valence-electron chi connectivity index (χ4n) is 4.96. The van der Waals surface area contributed by atoms with Crippen LogP contribution >= 0.6 is 22.6 Å². The van der Waals surface area contributed by atoms with Crippen LogP contribution in [0, 0.1) is 26.1 Å². The van der Waals surface area contributed by atoms with E-state index in [2.05, 4.69) is 27.9 Å². The molecule has 0 radical (unpaired) electrons. The number of nitrogens with zero attached hydrogens (tertiary/aromatic N) is 2. The van der Waals surface area contributed by atoms with Crippen LogP contribution < -0.4 is 5.32 Å². The van der Waals surface area contributed by atoms with Crippen molar-refractivity contribution in [2.24, 2.45) is 0 Å². The lowest BCUT2D eigenvalue weighted by Gasteiger charge is -2.44. The van der Waals surface area contributed by atoms with Crippen LogP contribution in [-0.4, -0.2) is 41.3 Å². The largest absolute Gasteiger partial charge is 0.378 e. The van der Waals surface area contributed by atoms with E-state index in [0.29, 0.717) is 31.0 Å². The lowest BCUT2D eigenvalue weighted by atomic mass is 9.73. The maximum Gasteiger partial charge on any atom is 0.258 e. The molecule has 9 heteroatoms. The highest BCUT2D eigenvalue weighted by Crippen LogP contribution is 2.41. The number of nitrogens with one attached hydrogen (secondary N) is 2. The SMILES string of the molecule is CC1C[C@H](N2C(=N)C[C@](C)(c3cccc(NC(=O)c4cc(C#N)ccc4F)c3I)CC2=O)CCO1. The molecule has 2 fully saturated rings. The summed E-state index contributed by atoms with van der Waals surface area (Å²) >= 11 is 2.12. The van der Waals surface area contributed by atoms with Crippen molar-refractivity contribution >= 4 is 45.9 Å². The smallest absolute Gasteiger partial charge is 0.258 e. The Labute approximate surface area is 217 Å². The van der Waals surface area contributed by atoms with Crippen LogP contribution in [0.25, 0.3) is 0 Å². The van der Waals surface area contributed by atoms with Gasteiger partial charge in [0.25, 0.3) is 5.91 Å². The van der Waals surface area contributed by atoms with Gasteiger partial charge in [-0.25, -0.2) is 4.39 Å². The van der Waals surface area contributed by atoms with Gasteiger partial charge in [0.05, 0.1) is 29.0 Å². The average Bonchev–Trinajstić information content (AvgIpc) is 2.80. The third kappa shape index (κ3) is 5.09. The Balaban J connectivity index is 1.58. The molecule has 2 heterocycles. The van der Waals surface area contributed by atoms with E-state index in [0.717, 1.165) is 21.6 Å². The normalized spacial score (nSPS) is 24.7. The molecule has 2 aliphatic rings. The molecular weight excluding hydrogens is 562 g/mol. The first kappa shape index (κ1) is 25.3. The first-order chi connectivity index (χ1) is 16.6. The molecule has 182 valence electrons. The van der Waals surface area contributed by atoms with Crippen LogP contribution in [0.4, 0.5) is 10.1 Å². The molecule has 0 aromatic heterocycles. The van der Waals surface area contributed by atoms with Gasteiger partial charge in [0.15, 0.2) is 0 Å². The molecule has 3 atom stereocenters. The number of hydrogen-bond donors (Lipinski definition) is 2. The van der Waals surface area contributed by atoms with Gasteiger partial charge in [-0.05, 0) is 72.2 Å². The van der Waals surface area contributed by atoms with Crippen LogP contribution in [0.15, 0.2) is 36.4 Å². The van der Waals surface area contributed by atoms with E-state index in [1.54, 1.807) is 17.0 Å². The number of hydrogen-bond acceptors (Lipinski definition) is 5. The Kier molecular flexibility index (Phi) is 7.24. The zero-order chi connectivity index (χ0) is 25.3. The first-order valence-electron chi connectivity index (χ1n) is 11.4. The number of piperidine rings is 1. The molecule has 35 heavy (non-hydrogen) atoms. The van der Waals surface area contributed by atoms with Crippen molar-refractivity contribution in [3.05, 3.63) is 62.5 Å². The van der Waals surface area contributed by atoms with Crippen molar-refractivity contribution in [1.29, 1.82) is 10.7 Å². The van der Waals surface area contributed by atoms with Gasteiger partial charge in [-0.1, -0.05) is 19.1 Å². The second kappa shape index (κ2) is 10.0. The van der Waals surface area contributed by atoms with E-state index >= 15 is 0 Å². The number of amides is 2. The number of likely N-dealkylation sites (tertiary alicyclic amines) is 1. The molecule has 2 N–H and O–H groups in total. The van der Waals surface area contributed by atoms with E-state index < -0.39 is 17.1 Å². The molecule has 2 aliphatic heterocycles. The highest BCUT2D eigenvalue weighted by atomic mass is 127. The summed E-state index contributed by atoms with van der Waals surface area (Å²) in [5.41, 5.74) is 0.684. The van der Waals surface area contributed by atoms with E-state index in [1.165, 1.54) is 12.1 Å². The fourth-order valence-corrected chi connectivity index (χ4v) is 6.11. The monoisotopic (exact) mass is 588 g/mol. The average molecular weight is 588 g/mol. The molecular formula is C26H26FIN4O3. The minimum atomic E-state index is -0.714. The Bertz CT molecular complexity index is 1220. The number of anilines is 1. The maximum atomic E-state index is 14.2. The van der Waals surface area contributed by atoms with Crippen molar-refractivity contribution < 1.29 is 18.7 Å². The molecule has 7 nitrogen and oxygen atoms in total. The van der Waals surface area contributed by atoms with Crippen LogP contribution in [0.3, 0.4) is 0 Å². The van der Waals surface area contributed by atoms with E-state index in [9.17, 15) is 14.0 Å². The summed E-state index contributed by atoms with van der Waals surface area (Å²) in [4.78, 5) is 27.7. The number of halogens is 2. The Hall–Kier alpha value is -2.84. The van der Waals surface area contributed by atoms with Gasteiger partial charge in [0.1, 0.15) is 11.7 Å².